The first-order valence-corrected chi connectivity index (χ1v) is 7.77. The first-order chi connectivity index (χ1) is 9.06. The van der Waals surface area contributed by atoms with Crippen molar-refractivity contribution in [3.05, 3.63) is 0 Å². The van der Waals surface area contributed by atoms with Gasteiger partial charge in [0.2, 0.25) is 0 Å². The fraction of sp³-hybridized carbons (Fsp3) is 0.933. The topological polar surface area (TPSA) is 52.6 Å². The molecule has 0 fully saturated rings. The number of aliphatic carboxylic acids is 1. The normalized spacial score (nSPS) is 14.6. The Kier molecular flexibility index (Phi) is 9.88. The van der Waals surface area contributed by atoms with Crippen molar-refractivity contribution in [1.29, 1.82) is 0 Å². The number of nitrogens with zero attached hydrogens (tertiary/aromatic N) is 1. The van der Waals surface area contributed by atoms with Crippen LogP contribution in [0.2, 0.25) is 0 Å². The lowest BCUT2D eigenvalue weighted by molar-refractivity contribution is -0.145. The van der Waals surface area contributed by atoms with Gasteiger partial charge in [0.25, 0.3) is 0 Å². The van der Waals surface area contributed by atoms with Gasteiger partial charge in [0.05, 0.1) is 0 Å². The van der Waals surface area contributed by atoms with E-state index in [2.05, 4.69) is 24.1 Å². The summed E-state index contributed by atoms with van der Waals surface area (Å²) < 4.78 is 0. The molecule has 0 saturated carbocycles. The molecule has 0 aliphatic rings. The minimum atomic E-state index is -0.737. The number of hydrogen-bond donors (Lipinski definition) is 2. The molecular weight excluding hydrogens is 240 g/mol. The Bertz CT molecular complexity index is 246. The molecular formula is C15H32N2O2. The van der Waals surface area contributed by atoms with E-state index >= 15 is 0 Å². The van der Waals surface area contributed by atoms with Crippen molar-refractivity contribution in [2.24, 2.45) is 0 Å². The summed E-state index contributed by atoms with van der Waals surface area (Å²) in [6, 6.07) is 0. The lowest BCUT2D eigenvalue weighted by Gasteiger charge is -2.30. The second-order valence-electron chi connectivity index (χ2n) is 5.16. The van der Waals surface area contributed by atoms with Crippen molar-refractivity contribution in [3.8, 4) is 0 Å². The van der Waals surface area contributed by atoms with Crippen LogP contribution in [0.15, 0.2) is 0 Å². The molecule has 0 amide bonds. The van der Waals surface area contributed by atoms with E-state index < -0.39 is 11.5 Å². The molecule has 0 aromatic heterocycles. The number of likely N-dealkylation sites (N-methyl/N-ethyl adjacent to an activating group) is 1. The lowest BCUT2D eigenvalue weighted by atomic mass is 9.90. The Hall–Kier alpha value is -0.610. The molecule has 1 atom stereocenters. The number of nitrogens with one attached hydrogen (secondary N) is 1. The van der Waals surface area contributed by atoms with Gasteiger partial charge in [-0.3, -0.25) is 4.79 Å². The van der Waals surface area contributed by atoms with Crippen LogP contribution in [0.1, 0.15) is 59.8 Å². The highest BCUT2D eigenvalue weighted by Crippen LogP contribution is 2.18. The smallest absolute Gasteiger partial charge is 0.323 e. The van der Waals surface area contributed by atoms with Crippen LogP contribution in [0.3, 0.4) is 0 Å². The van der Waals surface area contributed by atoms with Gasteiger partial charge < -0.3 is 15.3 Å². The SMILES string of the molecule is CCCCN(CC)CCCC(CC)(NCC)C(=O)O. The molecule has 0 aromatic rings. The molecule has 0 bridgehead atoms. The van der Waals surface area contributed by atoms with E-state index in [0.717, 1.165) is 26.1 Å². The number of rotatable bonds is 12. The van der Waals surface area contributed by atoms with Crippen LogP contribution in [0, 0.1) is 0 Å². The molecule has 0 radical (unpaired) electrons. The third-order valence-electron chi connectivity index (χ3n) is 3.88. The highest BCUT2D eigenvalue weighted by atomic mass is 16.4. The summed E-state index contributed by atoms with van der Waals surface area (Å²) in [4.78, 5) is 13.9. The van der Waals surface area contributed by atoms with Crippen molar-refractivity contribution in [2.75, 3.05) is 26.2 Å². The van der Waals surface area contributed by atoms with Crippen molar-refractivity contribution in [3.63, 3.8) is 0 Å². The van der Waals surface area contributed by atoms with Gasteiger partial charge in [0, 0.05) is 0 Å². The molecule has 1 unspecified atom stereocenters. The zero-order chi connectivity index (χ0) is 14.7. The van der Waals surface area contributed by atoms with Crippen LogP contribution in [0.4, 0.5) is 0 Å². The molecule has 0 aromatic carbocycles. The summed E-state index contributed by atoms with van der Waals surface area (Å²) in [5.74, 6) is -0.714. The van der Waals surface area contributed by atoms with Gasteiger partial charge in [0.1, 0.15) is 5.54 Å². The number of carbonyl (C=O) groups is 1. The Morgan fingerprint density at radius 3 is 2.21 bits per heavy atom. The van der Waals surface area contributed by atoms with Crippen LogP contribution < -0.4 is 5.32 Å². The van der Waals surface area contributed by atoms with Crippen molar-refractivity contribution < 1.29 is 9.90 Å². The minimum Gasteiger partial charge on any atom is -0.480 e. The highest BCUT2D eigenvalue weighted by Gasteiger charge is 2.34. The summed E-state index contributed by atoms with van der Waals surface area (Å²) in [5.41, 5.74) is -0.737. The molecule has 19 heavy (non-hydrogen) atoms. The van der Waals surface area contributed by atoms with Crippen molar-refractivity contribution in [1.82, 2.24) is 10.2 Å². The van der Waals surface area contributed by atoms with E-state index in [9.17, 15) is 9.90 Å². The first kappa shape index (κ1) is 18.4. The van der Waals surface area contributed by atoms with Gasteiger partial charge in [-0.2, -0.15) is 0 Å². The quantitative estimate of drug-likeness (QED) is 0.573. The molecule has 2 N–H and O–H groups in total. The molecule has 0 saturated heterocycles. The molecule has 0 heterocycles. The van der Waals surface area contributed by atoms with Gasteiger partial charge in [-0.1, -0.05) is 34.1 Å². The maximum atomic E-state index is 11.5. The second kappa shape index (κ2) is 10.2. The van der Waals surface area contributed by atoms with Crippen LogP contribution >= 0.6 is 0 Å². The zero-order valence-electron chi connectivity index (χ0n) is 13.2. The van der Waals surface area contributed by atoms with Gasteiger partial charge in [-0.25, -0.2) is 0 Å². The average molecular weight is 272 g/mol. The van der Waals surface area contributed by atoms with Gasteiger partial charge in [0.15, 0.2) is 0 Å². The van der Waals surface area contributed by atoms with Crippen LogP contribution in [-0.2, 0) is 4.79 Å². The van der Waals surface area contributed by atoms with E-state index in [0.29, 0.717) is 19.4 Å². The maximum absolute atomic E-state index is 11.5. The Labute approximate surface area is 118 Å². The first-order valence-electron chi connectivity index (χ1n) is 7.77. The molecule has 0 aliphatic heterocycles. The standard InChI is InChI=1S/C15H32N2O2/c1-5-9-12-17(8-4)13-10-11-15(6-2,14(18)19)16-7-3/h16H,5-13H2,1-4H3,(H,18,19). The summed E-state index contributed by atoms with van der Waals surface area (Å²) in [7, 11) is 0. The van der Waals surface area contributed by atoms with E-state index in [-0.39, 0.29) is 0 Å². The van der Waals surface area contributed by atoms with E-state index in [1.807, 2.05) is 13.8 Å². The predicted octanol–water partition coefficient (Wildman–Crippen LogP) is 2.73. The van der Waals surface area contributed by atoms with Crippen LogP contribution in [0.5, 0.6) is 0 Å². The van der Waals surface area contributed by atoms with Crippen LogP contribution in [0.25, 0.3) is 0 Å². The maximum Gasteiger partial charge on any atom is 0.323 e. The third-order valence-corrected chi connectivity index (χ3v) is 3.88. The number of carboxylic acid groups (broad SMARTS) is 1. The molecule has 4 heteroatoms. The summed E-state index contributed by atoms with van der Waals surface area (Å²) in [5, 5.41) is 12.6. The van der Waals surface area contributed by atoms with Gasteiger partial charge in [-0.05, 0) is 51.9 Å². The largest absolute Gasteiger partial charge is 0.480 e. The summed E-state index contributed by atoms with van der Waals surface area (Å²) in [6.07, 6.45) is 4.71. The average Bonchev–Trinajstić information content (AvgIpc) is 2.41. The monoisotopic (exact) mass is 272 g/mol. The molecule has 0 spiro atoms. The van der Waals surface area contributed by atoms with Gasteiger partial charge in [-0.15, -0.1) is 0 Å². The van der Waals surface area contributed by atoms with E-state index in [1.54, 1.807) is 0 Å². The second-order valence-corrected chi connectivity index (χ2v) is 5.16. The van der Waals surface area contributed by atoms with Gasteiger partial charge >= 0.3 is 5.97 Å². The molecule has 0 rings (SSSR count). The van der Waals surface area contributed by atoms with E-state index in [1.165, 1.54) is 12.8 Å². The number of hydrogen-bond acceptors (Lipinski definition) is 3. The number of unbranched alkanes of at least 4 members (excludes halogenated alkanes) is 1. The van der Waals surface area contributed by atoms with Crippen molar-refractivity contribution in [2.45, 2.75) is 65.3 Å². The Balaban J connectivity index is 4.27. The van der Waals surface area contributed by atoms with Crippen LogP contribution in [-0.4, -0.2) is 47.7 Å². The predicted molar refractivity (Wildman–Crippen MR) is 80.6 cm³/mol. The third kappa shape index (κ3) is 6.39. The minimum absolute atomic E-state index is 0.636. The fourth-order valence-electron chi connectivity index (χ4n) is 2.48. The Morgan fingerprint density at radius 2 is 1.79 bits per heavy atom. The fourth-order valence-corrected chi connectivity index (χ4v) is 2.48. The molecule has 4 nitrogen and oxygen atoms in total. The van der Waals surface area contributed by atoms with E-state index in [4.69, 9.17) is 0 Å². The summed E-state index contributed by atoms with van der Waals surface area (Å²) in [6.45, 7) is 12.2. The lowest BCUT2D eigenvalue weighted by Crippen LogP contribution is -2.52. The zero-order valence-corrected chi connectivity index (χ0v) is 13.2. The molecule has 0 aliphatic carbocycles. The summed E-state index contributed by atoms with van der Waals surface area (Å²) >= 11 is 0. The Morgan fingerprint density at radius 1 is 1.16 bits per heavy atom. The van der Waals surface area contributed by atoms with Crippen molar-refractivity contribution >= 4 is 5.97 Å². The highest BCUT2D eigenvalue weighted by molar-refractivity contribution is 5.78. The molecule has 114 valence electrons. The number of carboxylic acids is 1.